The quantitative estimate of drug-likeness (QED) is 0.626. The number of alkyl carbamates (subject to hydrolysis) is 1. The van der Waals surface area contributed by atoms with Crippen LogP contribution in [0.2, 0.25) is 0 Å². The number of carbonyl (C=O) groups excluding carboxylic acids is 1. The van der Waals surface area contributed by atoms with E-state index in [4.69, 9.17) is 10.00 Å². The number of hydrogen-bond acceptors (Lipinski definition) is 6. The van der Waals surface area contributed by atoms with Crippen molar-refractivity contribution in [2.75, 3.05) is 6.54 Å². The molecule has 4 N–H and O–H groups in total. The van der Waals surface area contributed by atoms with E-state index in [1.807, 2.05) is 0 Å². The van der Waals surface area contributed by atoms with Gasteiger partial charge in [-0.3, -0.25) is 4.79 Å². The Morgan fingerprint density at radius 2 is 2.14 bits per heavy atom. The number of aliphatic hydroxyl groups excluding tert-OH is 2. The number of pyridine rings is 1. The summed E-state index contributed by atoms with van der Waals surface area (Å²) < 4.78 is 4.99. The highest BCUT2D eigenvalue weighted by molar-refractivity contribution is 5.67. The Bertz CT molecular complexity index is 627. The van der Waals surface area contributed by atoms with Crippen molar-refractivity contribution in [1.29, 1.82) is 5.26 Å². The lowest BCUT2D eigenvalue weighted by atomic mass is 10.0. The van der Waals surface area contributed by atoms with Gasteiger partial charge in [-0.1, -0.05) is 0 Å². The van der Waals surface area contributed by atoms with Crippen LogP contribution < -0.4 is 10.9 Å². The summed E-state index contributed by atoms with van der Waals surface area (Å²) in [5, 5.41) is 30.9. The molecule has 0 fully saturated rings. The van der Waals surface area contributed by atoms with Crippen molar-refractivity contribution in [2.24, 2.45) is 0 Å². The van der Waals surface area contributed by atoms with Crippen molar-refractivity contribution in [3.63, 3.8) is 0 Å². The van der Waals surface area contributed by atoms with E-state index in [9.17, 15) is 19.8 Å². The number of ether oxygens (including phenoxy) is 1. The van der Waals surface area contributed by atoms with E-state index in [-0.39, 0.29) is 17.7 Å². The number of carbonyl (C=O) groups is 1. The molecule has 0 bridgehead atoms. The zero-order valence-electron chi connectivity index (χ0n) is 12.6. The number of amides is 1. The molecule has 1 aromatic rings. The minimum atomic E-state index is -1.38. The minimum Gasteiger partial charge on any atom is -0.444 e. The summed E-state index contributed by atoms with van der Waals surface area (Å²) in [7, 11) is 0. The van der Waals surface area contributed by atoms with Gasteiger partial charge in [0.2, 0.25) is 0 Å². The van der Waals surface area contributed by atoms with Crippen LogP contribution in [0.4, 0.5) is 4.79 Å². The molecule has 8 heteroatoms. The van der Waals surface area contributed by atoms with E-state index in [2.05, 4.69) is 10.3 Å². The normalized spacial score (nSPS) is 13.8. The highest BCUT2D eigenvalue weighted by Crippen LogP contribution is 2.15. The van der Waals surface area contributed by atoms with Crippen LogP contribution in [0.3, 0.4) is 0 Å². The molecular formula is C14H19N3O5. The molecule has 2 atom stereocenters. The summed E-state index contributed by atoms with van der Waals surface area (Å²) in [5.74, 6) is 0. The molecular weight excluding hydrogens is 290 g/mol. The van der Waals surface area contributed by atoms with Gasteiger partial charge in [-0.05, 0) is 26.8 Å². The third-order valence-corrected chi connectivity index (χ3v) is 2.61. The molecule has 0 saturated heterocycles. The van der Waals surface area contributed by atoms with Crippen LogP contribution in [-0.4, -0.2) is 39.5 Å². The number of nitriles is 1. The molecule has 0 aliphatic carbocycles. The van der Waals surface area contributed by atoms with Crippen molar-refractivity contribution >= 4 is 6.09 Å². The van der Waals surface area contributed by atoms with E-state index in [1.165, 1.54) is 12.3 Å². The predicted molar refractivity (Wildman–Crippen MR) is 77.0 cm³/mol. The van der Waals surface area contributed by atoms with Crippen molar-refractivity contribution in [3.8, 4) is 6.07 Å². The Morgan fingerprint density at radius 3 is 2.68 bits per heavy atom. The zero-order valence-corrected chi connectivity index (χ0v) is 12.6. The van der Waals surface area contributed by atoms with Gasteiger partial charge in [0.15, 0.2) is 0 Å². The number of nitrogens with one attached hydrogen (secondary N) is 2. The summed E-state index contributed by atoms with van der Waals surface area (Å²) in [4.78, 5) is 25.0. The molecule has 1 rings (SSSR count). The van der Waals surface area contributed by atoms with Gasteiger partial charge in [0.25, 0.3) is 5.56 Å². The van der Waals surface area contributed by atoms with Gasteiger partial charge in [-0.2, -0.15) is 5.26 Å². The van der Waals surface area contributed by atoms with Crippen LogP contribution in [0.1, 0.15) is 38.0 Å². The lowest BCUT2D eigenvalue weighted by molar-refractivity contribution is 0.0127. The van der Waals surface area contributed by atoms with Crippen molar-refractivity contribution in [3.05, 3.63) is 33.7 Å². The topological polar surface area (TPSA) is 135 Å². The van der Waals surface area contributed by atoms with Crippen LogP contribution in [0.5, 0.6) is 0 Å². The third-order valence-electron chi connectivity index (χ3n) is 2.61. The van der Waals surface area contributed by atoms with Crippen LogP contribution >= 0.6 is 0 Å². The predicted octanol–water partition coefficient (Wildman–Crippen LogP) is 0.166. The Hall–Kier alpha value is -2.37. The number of nitrogens with zero attached hydrogens (tertiary/aromatic N) is 1. The van der Waals surface area contributed by atoms with Crippen LogP contribution in [0.15, 0.2) is 17.1 Å². The maximum atomic E-state index is 11.5. The molecule has 0 saturated carbocycles. The Balaban J connectivity index is 2.66. The fraction of sp³-hybridized carbons (Fsp3) is 0.500. The zero-order chi connectivity index (χ0) is 16.9. The van der Waals surface area contributed by atoms with Crippen molar-refractivity contribution < 1.29 is 19.7 Å². The van der Waals surface area contributed by atoms with Gasteiger partial charge < -0.3 is 25.3 Å². The first-order valence-corrected chi connectivity index (χ1v) is 6.60. The number of hydrogen-bond donors (Lipinski definition) is 4. The first-order chi connectivity index (χ1) is 10.1. The molecule has 120 valence electrons. The Labute approximate surface area is 127 Å². The third kappa shape index (κ3) is 5.20. The van der Waals surface area contributed by atoms with Gasteiger partial charge in [0.05, 0.1) is 0 Å². The molecule has 1 amide bonds. The smallest absolute Gasteiger partial charge is 0.407 e. The first-order valence-electron chi connectivity index (χ1n) is 6.60. The van der Waals surface area contributed by atoms with E-state index in [0.29, 0.717) is 0 Å². The fourth-order valence-corrected chi connectivity index (χ4v) is 1.59. The summed E-state index contributed by atoms with van der Waals surface area (Å²) in [6, 6.07) is 2.86. The second kappa shape index (κ2) is 7.06. The number of aromatic nitrogens is 1. The number of aliphatic hydroxyl groups is 2. The molecule has 0 aliphatic rings. The summed E-state index contributed by atoms with van der Waals surface area (Å²) >= 11 is 0. The van der Waals surface area contributed by atoms with E-state index in [1.54, 1.807) is 26.8 Å². The Morgan fingerprint density at radius 1 is 1.50 bits per heavy atom. The lowest BCUT2D eigenvalue weighted by Crippen LogP contribution is -2.39. The second-order valence-corrected chi connectivity index (χ2v) is 5.68. The summed E-state index contributed by atoms with van der Waals surface area (Å²) in [5.41, 5.74) is -1.27. The van der Waals surface area contributed by atoms with E-state index in [0.717, 1.165) is 0 Å². The molecule has 8 nitrogen and oxygen atoms in total. The largest absolute Gasteiger partial charge is 0.444 e. The maximum absolute atomic E-state index is 11.5. The highest BCUT2D eigenvalue weighted by atomic mass is 16.6. The molecule has 0 spiro atoms. The molecule has 22 heavy (non-hydrogen) atoms. The molecule has 1 aromatic heterocycles. The van der Waals surface area contributed by atoms with E-state index < -0.39 is 29.5 Å². The average Bonchev–Trinajstić information content (AvgIpc) is 2.42. The molecule has 1 heterocycles. The van der Waals surface area contributed by atoms with Gasteiger partial charge in [-0.25, -0.2) is 4.79 Å². The number of H-pyrrole nitrogens is 1. The molecule has 0 aromatic carbocycles. The van der Waals surface area contributed by atoms with Crippen LogP contribution in [0.25, 0.3) is 0 Å². The van der Waals surface area contributed by atoms with Gasteiger partial charge >= 0.3 is 6.09 Å². The average molecular weight is 309 g/mol. The van der Waals surface area contributed by atoms with E-state index >= 15 is 0 Å². The lowest BCUT2D eigenvalue weighted by Gasteiger charge is -2.22. The molecule has 0 aliphatic heterocycles. The molecule has 2 unspecified atom stereocenters. The SMILES string of the molecule is CC(C)(C)OC(=O)NCC(O)C(O)c1c[nH]c(=O)c(C#N)c1. The number of aromatic amines is 1. The minimum absolute atomic E-state index is 0.162. The highest BCUT2D eigenvalue weighted by Gasteiger charge is 2.22. The first kappa shape index (κ1) is 17.7. The van der Waals surface area contributed by atoms with Crippen molar-refractivity contribution in [2.45, 2.75) is 38.6 Å². The van der Waals surface area contributed by atoms with Gasteiger partial charge in [0, 0.05) is 18.3 Å². The maximum Gasteiger partial charge on any atom is 0.407 e. The Kier molecular flexibility index (Phi) is 5.68. The summed E-state index contributed by atoms with van der Waals surface area (Å²) in [6.45, 7) is 4.84. The monoisotopic (exact) mass is 309 g/mol. The second-order valence-electron chi connectivity index (χ2n) is 5.68. The number of rotatable bonds is 4. The summed E-state index contributed by atoms with van der Waals surface area (Å²) in [6.07, 6.45) is -2.23. The van der Waals surface area contributed by atoms with Crippen molar-refractivity contribution in [1.82, 2.24) is 10.3 Å². The van der Waals surface area contributed by atoms with Crippen LogP contribution in [-0.2, 0) is 4.74 Å². The van der Waals surface area contributed by atoms with Crippen LogP contribution in [0, 0.1) is 11.3 Å². The standard InChI is InChI=1S/C14H19N3O5/c1-14(2,3)22-13(21)17-7-10(18)11(19)9-4-8(5-15)12(20)16-6-9/h4,6,10-11,18-19H,7H2,1-3H3,(H,16,20)(H,17,21). The van der Waals surface area contributed by atoms with Gasteiger partial charge in [0.1, 0.15) is 29.4 Å². The molecule has 0 radical (unpaired) electrons. The fourth-order valence-electron chi connectivity index (χ4n) is 1.59. The van der Waals surface area contributed by atoms with Gasteiger partial charge in [-0.15, -0.1) is 0 Å².